The lowest BCUT2D eigenvalue weighted by Crippen LogP contribution is -2.40. The molecule has 1 aliphatic heterocycles. The minimum Gasteiger partial charge on any atom is -0.383 e. The zero-order chi connectivity index (χ0) is 22.7. The number of allylic oxidation sites excluding steroid dienone is 1. The summed E-state index contributed by atoms with van der Waals surface area (Å²) in [6.07, 6.45) is 2.17. The first-order valence-corrected chi connectivity index (χ1v) is 11.2. The third kappa shape index (κ3) is 3.95. The Morgan fingerprint density at radius 1 is 1.26 bits per heavy atom. The number of carbonyl (C=O) groups excluding carboxylic acids is 1. The maximum absolute atomic E-state index is 12.8. The van der Waals surface area contributed by atoms with E-state index in [0.717, 1.165) is 17.6 Å². The van der Waals surface area contributed by atoms with Crippen LogP contribution in [0.3, 0.4) is 0 Å². The van der Waals surface area contributed by atoms with Crippen molar-refractivity contribution < 1.29 is 9.90 Å². The number of rotatable bonds is 4. The van der Waals surface area contributed by atoms with E-state index in [9.17, 15) is 14.7 Å². The smallest absolute Gasteiger partial charge is 0.330 e. The van der Waals surface area contributed by atoms with Crippen molar-refractivity contribution in [1.82, 2.24) is 19.0 Å². The van der Waals surface area contributed by atoms with Gasteiger partial charge in [0.15, 0.2) is 5.65 Å². The summed E-state index contributed by atoms with van der Waals surface area (Å²) in [5.74, 6) is 0.427. The lowest BCUT2D eigenvalue weighted by atomic mass is 9.97. The van der Waals surface area contributed by atoms with E-state index in [1.165, 1.54) is 5.57 Å². The van der Waals surface area contributed by atoms with Gasteiger partial charge in [0.2, 0.25) is 0 Å². The molecule has 3 atom stereocenters. The van der Waals surface area contributed by atoms with Crippen LogP contribution in [0.15, 0.2) is 23.0 Å². The molecule has 3 heterocycles. The molecule has 0 radical (unpaired) electrons. The molecule has 2 aliphatic rings. The second-order valence-corrected chi connectivity index (χ2v) is 10.8. The minimum atomic E-state index is -0.926. The Labute approximate surface area is 183 Å². The van der Waals surface area contributed by atoms with Crippen molar-refractivity contribution >= 4 is 22.6 Å². The zero-order valence-corrected chi connectivity index (χ0v) is 19.4. The first-order valence-electron chi connectivity index (χ1n) is 11.2. The van der Waals surface area contributed by atoms with Crippen LogP contribution < -0.4 is 5.69 Å². The number of amides is 1. The highest BCUT2D eigenvalue weighted by Gasteiger charge is 2.40. The number of likely N-dealkylation sites (tertiary alicyclic amines) is 1. The minimum absolute atomic E-state index is 0.00530. The van der Waals surface area contributed by atoms with Crippen LogP contribution >= 0.6 is 0 Å². The molecule has 1 saturated heterocycles. The van der Waals surface area contributed by atoms with Gasteiger partial charge in [0.25, 0.3) is 5.91 Å². The fraction of sp³-hybridized carbons (Fsp3) is 0.625. The summed E-state index contributed by atoms with van der Waals surface area (Å²) in [5, 5.41) is 10.1. The van der Waals surface area contributed by atoms with Crippen molar-refractivity contribution in [2.24, 2.45) is 30.2 Å². The van der Waals surface area contributed by atoms with E-state index in [4.69, 9.17) is 4.98 Å². The molecule has 2 aromatic rings. The number of pyridine rings is 1. The van der Waals surface area contributed by atoms with Crippen LogP contribution in [0.1, 0.15) is 46.7 Å². The van der Waals surface area contributed by atoms with Crippen molar-refractivity contribution in [3.8, 4) is 0 Å². The standard InChI is InChI=1S/C24H34N4O3/c1-14(2)20(29)22(30)27-11-16-9-15(10-17(16)12-27)18-7-8-19-21(25-18)26(6)23(31)28(19)13-24(3,4)5/h7-9,14,16-17,20,29H,10-13H2,1-6H3/t16?,17?,20-/m0/s1. The van der Waals surface area contributed by atoms with E-state index in [1.807, 2.05) is 30.5 Å². The molecule has 0 saturated carbocycles. The highest BCUT2D eigenvalue weighted by molar-refractivity contribution is 5.82. The molecule has 1 N–H and O–H groups in total. The largest absolute Gasteiger partial charge is 0.383 e. The van der Waals surface area contributed by atoms with Gasteiger partial charge in [0.1, 0.15) is 6.10 Å². The van der Waals surface area contributed by atoms with Crippen molar-refractivity contribution in [3.05, 3.63) is 34.4 Å². The summed E-state index contributed by atoms with van der Waals surface area (Å²) in [5.41, 5.74) is 3.62. The van der Waals surface area contributed by atoms with E-state index < -0.39 is 6.10 Å². The van der Waals surface area contributed by atoms with Crippen LogP contribution in [0.4, 0.5) is 0 Å². The highest BCUT2D eigenvalue weighted by Crippen LogP contribution is 2.41. The molecule has 4 rings (SSSR count). The van der Waals surface area contributed by atoms with Gasteiger partial charge in [-0.05, 0) is 47.3 Å². The van der Waals surface area contributed by atoms with Gasteiger partial charge in [-0.1, -0.05) is 40.7 Å². The van der Waals surface area contributed by atoms with Gasteiger partial charge in [-0.2, -0.15) is 0 Å². The number of aromatic nitrogens is 3. The third-order valence-electron chi connectivity index (χ3n) is 6.53. The van der Waals surface area contributed by atoms with Crippen LogP contribution in [0.5, 0.6) is 0 Å². The van der Waals surface area contributed by atoms with Crippen molar-refractivity contribution in [2.75, 3.05) is 13.1 Å². The third-order valence-corrected chi connectivity index (χ3v) is 6.53. The van der Waals surface area contributed by atoms with E-state index in [2.05, 4.69) is 26.8 Å². The van der Waals surface area contributed by atoms with E-state index in [1.54, 1.807) is 16.5 Å². The number of aliphatic hydroxyl groups excluding tert-OH is 1. The van der Waals surface area contributed by atoms with E-state index in [-0.39, 0.29) is 22.9 Å². The molecule has 7 heteroatoms. The van der Waals surface area contributed by atoms with Gasteiger partial charge in [-0.3, -0.25) is 13.9 Å². The molecule has 31 heavy (non-hydrogen) atoms. The molecule has 1 fully saturated rings. The summed E-state index contributed by atoms with van der Waals surface area (Å²) in [4.78, 5) is 31.9. The quantitative estimate of drug-likeness (QED) is 0.815. The first-order chi connectivity index (χ1) is 14.5. The second kappa shape index (κ2) is 7.62. The van der Waals surface area contributed by atoms with E-state index in [0.29, 0.717) is 37.1 Å². The Morgan fingerprint density at radius 2 is 1.97 bits per heavy atom. The maximum atomic E-state index is 12.8. The number of aryl methyl sites for hydroxylation is 1. The maximum Gasteiger partial charge on any atom is 0.330 e. The van der Waals surface area contributed by atoms with Gasteiger partial charge in [0.05, 0.1) is 11.2 Å². The summed E-state index contributed by atoms with van der Waals surface area (Å²) < 4.78 is 3.45. The normalized spacial score (nSPS) is 22.3. The molecular weight excluding hydrogens is 392 g/mol. The predicted octanol–water partition coefficient (Wildman–Crippen LogP) is 2.66. The van der Waals surface area contributed by atoms with Gasteiger partial charge < -0.3 is 10.0 Å². The molecule has 168 valence electrons. The number of imidazole rings is 1. The number of carbonyl (C=O) groups is 1. The summed E-state index contributed by atoms with van der Waals surface area (Å²) in [6.45, 7) is 12.1. The molecule has 7 nitrogen and oxygen atoms in total. The summed E-state index contributed by atoms with van der Waals surface area (Å²) >= 11 is 0. The number of hydrogen-bond donors (Lipinski definition) is 1. The fourth-order valence-corrected chi connectivity index (χ4v) is 4.83. The first kappa shape index (κ1) is 21.8. The SMILES string of the molecule is CC(C)[C@H](O)C(=O)N1CC2C=C(c3ccc4c(n3)n(C)c(=O)n4CC(C)(C)C)CC2C1. The van der Waals surface area contributed by atoms with Crippen molar-refractivity contribution in [3.63, 3.8) is 0 Å². The monoisotopic (exact) mass is 426 g/mol. The van der Waals surface area contributed by atoms with E-state index >= 15 is 0 Å². The Morgan fingerprint density at radius 3 is 2.58 bits per heavy atom. The molecule has 1 amide bonds. The van der Waals surface area contributed by atoms with Crippen molar-refractivity contribution in [1.29, 1.82) is 0 Å². The lowest BCUT2D eigenvalue weighted by Gasteiger charge is -2.22. The molecule has 2 aromatic heterocycles. The van der Waals surface area contributed by atoms with Gasteiger partial charge in [-0.15, -0.1) is 0 Å². The van der Waals surface area contributed by atoms with Crippen LogP contribution in [-0.4, -0.2) is 49.2 Å². The average molecular weight is 427 g/mol. The Bertz CT molecular complexity index is 1100. The Hall–Kier alpha value is -2.41. The predicted molar refractivity (Wildman–Crippen MR) is 121 cm³/mol. The molecule has 0 spiro atoms. The molecular formula is C24H34N4O3. The van der Waals surface area contributed by atoms with Crippen LogP contribution in [0.2, 0.25) is 0 Å². The number of hydrogen-bond acceptors (Lipinski definition) is 4. The van der Waals surface area contributed by atoms with Crippen LogP contribution in [0, 0.1) is 23.2 Å². The van der Waals surface area contributed by atoms with Gasteiger partial charge in [0, 0.05) is 26.7 Å². The average Bonchev–Trinajstić information content (AvgIpc) is 3.33. The summed E-state index contributed by atoms with van der Waals surface area (Å²) in [6, 6.07) is 4.02. The molecule has 0 aromatic carbocycles. The highest BCUT2D eigenvalue weighted by atomic mass is 16.3. The Kier molecular flexibility index (Phi) is 5.36. The van der Waals surface area contributed by atoms with Gasteiger partial charge >= 0.3 is 5.69 Å². The topological polar surface area (TPSA) is 80.4 Å². The zero-order valence-electron chi connectivity index (χ0n) is 19.4. The summed E-state index contributed by atoms with van der Waals surface area (Å²) in [7, 11) is 1.78. The second-order valence-electron chi connectivity index (χ2n) is 10.8. The van der Waals surface area contributed by atoms with Gasteiger partial charge in [-0.25, -0.2) is 9.78 Å². The number of aliphatic hydroxyl groups is 1. The van der Waals surface area contributed by atoms with Crippen molar-refractivity contribution in [2.45, 2.75) is 53.7 Å². The number of nitrogens with zero attached hydrogens (tertiary/aromatic N) is 4. The molecule has 1 aliphatic carbocycles. The molecule has 0 bridgehead atoms. The van der Waals surface area contributed by atoms with Crippen LogP contribution in [0.25, 0.3) is 16.7 Å². The number of fused-ring (bicyclic) bond motifs is 2. The fourth-order valence-electron chi connectivity index (χ4n) is 4.83. The Balaban J connectivity index is 1.57. The van der Waals surface area contributed by atoms with Crippen LogP contribution in [-0.2, 0) is 18.4 Å². The molecule has 2 unspecified atom stereocenters. The lowest BCUT2D eigenvalue weighted by molar-refractivity contribution is -0.141.